The summed E-state index contributed by atoms with van der Waals surface area (Å²) in [6.07, 6.45) is 2.47. The Morgan fingerprint density at radius 3 is 2.59 bits per heavy atom. The van der Waals surface area contributed by atoms with Gasteiger partial charge < -0.3 is 10.5 Å². The Hall–Kier alpha value is -1.76. The van der Waals surface area contributed by atoms with Crippen molar-refractivity contribution in [2.24, 2.45) is 0 Å². The molecular weight excluding hydrogens is 296 g/mol. The highest BCUT2D eigenvalue weighted by molar-refractivity contribution is 9.10. The Kier molecular flexibility index (Phi) is 3.19. The Morgan fingerprint density at radius 1 is 1.18 bits per heavy atom. The molecule has 0 aliphatic heterocycles. The van der Waals surface area contributed by atoms with E-state index in [1.807, 2.05) is 0 Å². The SMILES string of the molecule is Nc1cnc(Oc2cc(Br)cc(F)c2F)cn1. The van der Waals surface area contributed by atoms with E-state index in [-0.39, 0.29) is 17.4 Å². The summed E-state index contributed by atoms with van der Waals surface area (Å²) in [6, 6.07) is 2.29. The maximum absolute atomic E-state index is 13.4. The third-order valence-electron chi connectivity index (χ3n) is 1.82. The molecule has 4 nitrogen and oxygen atoms in total. The highest BCUT2D eigenvalue weighted by Crippen LogP contribution is 2.28. The average molecular weight is 302 g/mol. The minimum absolute atomic E-state index is 0.0237. The van der Waals surface area contributed by atoms with Crippen molar-refractivity contribution in [3.8, 4) is 11.6 Å². The van der Waals surface area contributed by atoms with Gasteiger partial charge in [0.1, 0.15) is 5.82 Å². The number of nitrogens with two attached hydrogens (primary N) is 1. The lowest BCUT2D eigenvalue weighted by Gasteiger charge is -2.06. The van der Waals surface area contributed by atoms with Crippen LogP contribution in [0.25, 0.3) is 0 Å². The van der Waals surface area contributed by atoms with Crippen LogP contribution in [0.5, 0.6) is 11.6 Å². The zero-order valence-corrected chi connectivity index (χ0v) is 9.91. The first-order chi connectivity index (χ1) is 8.06. The minimum Gasteiger partial charge on any atom is -0.434 e. The molecule has 1 aromatic heterocycles. The molecule has 1 heterocycles. The van der Waals surface area contributed by atoms with E-state index in [1.54, 1.807) is 0 Å². The molecule has 2 aromatic rings. The lowest BCUT2D eigenvalue weighted by atomic mass is 10.3. The molecule has 0 fully saturated rings. The van der Waals surface area contributed by atoms with Gasteiger partial charge in [0.15, 0.2) is 11.6 Å². The number of hydrogen-bond acceptors (Lipinski definition) is 4. The van der Waals surface area contributed by atoms with Gasteiger partial charge in [-0.1, -0.05) is 15.9 Å². The molecule has 0 aliphatic rings. The number of hydrogen-bond donors (Lipinski definition) is 1. The van der Waals surface area contributed by atoms with E-state index in [4.69, 9.17) is 10.5 Å². The monoisotopic (exact) mass is 301 g/mol. The molecule has 17 heavy (non-hydrogen) atoms. The van der Waals surface area contributed by atoms with Crippen LogP contribution in [0.1, 0.15) is 0 Å². The van der Waals surface area contributed by atoms with Gasteiger partial charge >= 0.3 is 0 Å². The second kappa shape index (κ2) is 4.62. The number of nitrogen functional groups attached to an aromatic ring is 1. The summed E-state index contributed by atoms with van der Waals surface area (Å²) >= 11 is 3.03. The summed E-state index contributed by atoms with van der Waals surface area (Å²) in [4.78, 5) is 7.47. The molecular formula is C10H6BrF2N3O. The molecule has 0 atom stereocenters. The van der Waals surface area contributed by atoms with Crippen LogP contribution in [0.3, 0.4) is 0 Å². The van der Waals surface area contributed by atoms with Gasteiger partial charge in [0, 0.05) is 4.47 Å². The van der Waals surface area contributed by atoms with Crippen LogP contribution in [0.2, 0.25) is 0 Å². The number of rotatable bonds is 2. The fourth-order valence-electron chi connectivity index (χ4n) is 1.10. The fourth-order valence-corrected chi connectivity index (χ4v) is 1.51. The Labute approximate surface area is 104 Å². The van der Waals surface area contributed by atoms with Gasteiger partial charge in [-0.25, -0.2) is 14.4 Å². The summed E-state index contributed by atoms with van der Waals surface area (Å²) in [7, 11) is 0. The van der Waals surface area contributed by atoms with E-state index in [0.717, 1.165) is 6.07 Å². The van der Waals surface area contributed by atoms with Crippen molar-refractivity contribution >= 4 is 21.7 Å². The molecule has 0 amide bonds. The van der Waals surface area contributed by atoms with Gasteiger partial charge in [0.25, 0.3) is 0 Å². The molecule has 2 N–H and O–H groups in total. The van der Waals surface area contributed by atoms with Crippen molar-refractivity contribution in [3.05, 3.63) is 40.6 Å². The fraction of sp³-hybridized carbons (Fsp3) is 0. The zero-order chi connectivity index (χ0) is 12.4. The van der Waals surface area contributed by atoms with Gasteiger partial charge in [-0.05, 0) is 12.1 Å². The van der Waals surface area contributed by atoms with Crippen molar-refractivity contribution in [2.45, 2.75) is 0 Å². The number of aromatic nitrogens is 2. The number of nitrogens with zero attached hydrogens (tertiary/aromatic N) is 2. The molecule has 0 spiro atoms. The maximum Gasteiger partial charge on any atom is 0.238 e. The van der Waals surface area contributed by atoms with E-state index < -0.39 is 11.6 Å². The molecule has 0 saturated heterocycles. The molecule has 0 radical (unpaired) electrons. The second-order valence-electron chi connectivity index (χ2n) is 3.08. The molecule has 0 saturated carbocycles. The number of benzene rings is 1. The van der Waals surface area contributed by atoms with Crippen LogP contribution in [0, 0.1) is 11.6 Å². The third kappa shape index (κ3) is 2.68. The van der Waals surface area contributed by atoms with Gasteiger partial charge in [0.05, 0.1) is 12.4 Å². The Balaban J connectivity index is 2.32. The van der Waals surface area contributed by atoms with E-state index >= 15 is 0 Å². The number of anilines is 1. The largest absolute Gasteiger partial charge is 0.434 e. The first kappa shape index (κ1) is 11.7. The zero-order valence-electron chi connectivity index (χ0n) is 8.32. The molecule has 0 bridgehead atoms. The first-order valence-corrected chi connectivity index (χ1v) is 5.25. The van der Waals surface area contributed by atoms with Crippen LogP contribution >= 0.6 is 15.9 Å². The summed E-state index contributed by atoms with van der Waals surface area (Å²) in [5, 5.41) is 0. The molecule has 1 aromatic carbocycles. The lowest BCUT2D eigenvalue weighted by molar-refractivity contribution is 0.403. The number of halogens is 3. The van der Waals surface area contributed by atoms with Gasteiger partial charge in [0.2, 0.25) is 11.7 Å². The predicted molar refractivity (Wildman–Crippen MR) is 60.6 cm³/mol. The molecule has 7 heteroatoms. The smallest absolute Gasteiger partial charge is 0.238 e. The van der Waals surface area contributed by atoms with Crippen LogP contribution < -0.4 is 10.5 Å². The summed E-state index contributed by atoms with van der Waals surface area (Å²) in [6.45, 7) is 0. The van der Waals surface area contributed by atoms with Gasteiger partial charge in [-0.15, -0.1) is 0 Å². The molecule has 0 unspecified atom stereocenters. The van der Waals surface area contributed by atoms with Gasteiger partial charge in [-0.3, -0.25) is 0 Å². The summed E-state index contributed by atoms with van der Waals surface area (Å²) in [5.41, 5.74) is 5.33. The number of ether oxygens (including phenoxy) is 1. The van der Waals surface area contributed by atoms with Crippen LogP contribution in [0.4, 0.5) is 14.6 Å². The third-order valence-corrected chi connectivity index (χ3v) is 2.28. The van der Waals surface area contributed by atoms with Crippen LogP contribution in [0.15, 0.2) is 29.0 Å². The van der Waals surface area contributed by atoms with E-state index in [2.05, 4.69) is 25.9 Å². The Bertz CT molecular complexity index is 548. The standard InChI is InChI=1S/C10H6BrF2N3O/c11-5-1-6(12)10(13)7(2-5)17-9-4-15-8(14)3-16-9/h1-4H,(H2,14,15). The van der Waals surface area contributed by atoms with Crippen molar-refractivity contribution in [1.29, 1.82) is 0 Å². The normalized spacial score (nSPS) is 10.3. The van der Waals surface area contributed by atoms with Crippen molar-refractivity contribution < 1.29 is 13.5 Å². The summed E-state index contributed by atoms with van der Waals surface area (Å²) < 4.78 is 31.8. The van der Waals surface area contributed by atoms with E-state index in [9.17, 15) is 8.78 Å². The van der Waals surface area contributed by atoms with E-state index in [0.29, 0.717) is 4.47 Å². The van der Waals surface area contributed by atoms with E-state index in [1.165, 1.54) is 18.5 Å². The summed E-state index contributed by atoms with van der Waals surface area (Å²) in [5.74, 6) is -2.16. The molecule has 88 valence electrons. The highest BCUT2D eigenvalue weighted by atomic mass is 79.9. The minimum atomic E-state index is -1.09. The second-order valence-corrected chi connectivity index (χ2v) is 4.00. The Morgan fingerprint density at radius 2 is 1.94 bits per heavy atom. The topological polar surface area (TPSA) is 61.0 Å². The van der Waals surface area contributed by atoms with Crippen molar-refractivity contribution in [1.82, 2.24) is 9.97 Å². The molecule has 2 rings (SSSR count). The maximum atomic E-state index is 13.4. The average Bonchev–Trinajstić information content (AvgIpc) is 2.28. The van der Waals surface area contributed by atoms with Crippen molar-refractivity contribution in [3.63, 3.8) is 0 Å². The van der Waals surface area contributed by atoms with Gasteiger partial charge in [-0.2, -0.15) is 4.39 Å². The first-order valence-electron chi connectivity index (χ1n) is 4.46. The van der Waals surface area contributed by atoms with Crippen molar-refractivity contribution in [2.75, 3.05) is 5.73 Å². The highest BCUT2D eigenvalue weighted by Gasteiger charge is 2.12. The van der Waals surface area contributed by atoms with Crippen LogP contribution in [-0.2, 0) is 0 Å². The lowest BCUT2D eigenvalue weighted by Crippen LogP contribution is -1.96. The van der Waals surface area contributed by atoms with Crippen LogP contribution in [-0.4, -0.2) is 9.97 Å². The predicted octanol–water partition coefficient (Wildman–Crippen LogP) is 2.89. The quantitative estimate of drug-likeness (QED) is 0.867. The molecule has 0 aliphatic carbocycles.